The number of nitrogens with zero attached hydrogens (tertiary/aromatic N) is 4. The zero-order valence-corrected chi connectivity index (χ0v) is 13.8. The van der Waals surface area contributed by atoms with E-state index in [2.05, 4.69) is 30.5 Å². The Morgan fingerprint density at radius 3 is 2.80 bits per heavy atom. The summed E-state index contributed by atoms with van der Waals surface area (Å²) >= 11 is 0. The number of anilines is 2. The maximum atomic E-state index is 4.90. The predicted molar refractivity (Wildman–Crippen MR) is 95.4 cm³/mol. The van der Waals surface area contributed by atoms with Crippen LogP contribution < -0.4 is 5.32 Å². The molecule has 0 saturated carbocycles. The average molecular weight is 329 g/mol. The zero-order valence-electron chi connectivity index (χ0n) is 13.8. The van der Waals surface area contributed by atoms with Crippen LogP contribution in [0.3, 0.4) is 0 Å². The van der Waals surface area contributed by atoms with Gasteiger partial charge in [-0.15, -0.1) is 0 Å². The number of rotatable bonds is 1. The van der Waals surface area contributed by atoms with Crippen LogP contribution in [0.4, 0.5) is 11.5 Å². The Hall–Kier alpha value is -3.48. The Bertz CT molecular complexity index is 1020. The van der Waals surface area contributed by atoms with Crippen LogP contribution in [0.25, 0.3) is 33.9 Å². The number of imidazole rings is 1. The molecule has 0 aliphatic carbocycles. The van der Waals surface area contributed by atoms with Gasteiger partial charge < -0.3 is 10.3 Å². The summed E-state index contributed by atoms with van der Waals surface area (Å²) in [5.74, 6) is 1.57. The van der Waals surface area contributed by atoms with Crippen LogP contribution in [0.1, 0.15) is 11.4 Å². The van der Waals surface area contributed by atoms with Gasteiger partial charge >= 0.3 is 0 Å². The molecule has 1 aliphatic heterocycles. The van der Waals surface area contributed by atoms with E-state index in [1.165, 1.54) is 0 Å². The minimum atomic E-state index is 0.772. The topological polar surface area (TPSA) is 95.2 Å². The third-order valence-corrected chi connectivity index (χ3v) is 4.48. The molecule has 0 unspecified atom stereocenters. The maximum Gasteiger partial charge on any atom is 0.142 e. The molecule has 1 aliphatic rings. The summed E-state index contributed by atoms with van der Waals surface area (Å²) in [7, 11) is 0. The molecule has 4 aromatic heterocycles. The van der Waals surface area contributed by atoms with Gasteiger partial charge in [-0.3, -0.25) is 10.1 Å². The SMILES string of the molecule is Cc1n[nH]c(C)c1-c1nc2c([nH]1)-c1ccncc1Nc1ncccc1-2. The van der Waals surface area contributed by atoms with E-state index >= 15 is 0 Å². The highest BCUT2D eigenvalue weighted by molar-refractivity contribution is 5.95. The highest BCUT2D eigenvalue weighted by Gasteiger charge is 2.25. The second kappa shape index (κ2) is 5.01. The predicted octanol–water partition coefficient (Wildman–Crippen LogP) is 3.60. The van der Waals surface area contributed by atoms with Crippen molar-refractivity contribution in [3.8, 4) is 33.9 Å². The van der Waals surface area contributed by atoms with Crippen molar-refractivity contribution in [3.63, 3.8) is 0 Å². The van der Waals surface area contributed by atoms with Crippen LogP contribution in [0.5, 0.6) is 0 Å². The minimum Gasteiger partial charge on any atom is -0.338 e. The molecule has 0 bridgehead atoms. The fraction of sp³-hybridized carbons (Fsp3) is 0.111. The molecule has 0 spiro atoms. The summed E-state index contributed by atoms with van der Waals surface area (Å²) in [5.41, 5.74) is 7.60. The Kier molecular flexibility index (Phi) is 2.79. The van der Waals surface area contributed by atoms with Crippen molar-refractivity contribution in [2.45, 2.75) is 13.8 Å². The van der Waals surface area contributed by atoms with Gasteiger partial charge in [-0.1, -0.05) is 0 Å². The van der Waals surface area contributed by atoms with E-state index in [9.17, 15) is 0 Å². The summed E-state index contributed by atoms with van der Waals surface area (Å²) in [6.07, 6.45) is 5.35. The van der Waals surface area contributed by atoms with Gasteiger partial charge in [0.05, 0.1) is 28.8 Å². The molecule has 0 atom stereocenters. The van der Waals surface area contributed by atoms with Gasteiger partial charge in [0, 0.05) is 29.2 Å². The van der Waals surface area contributed by atoms with Crippen LogP contribution in [0.2, 0.25) is 0 Å². The van der Waals surface area contributed by atoms with Crippen LogP contribution in [-0.4, -0.2) is 30.1 Å². The molecule has 0 radical (unpaired) electrons. The Balaban J connectivity index is 1.84. The summed E-state index contributed by atoms with van der Waals surface area (Å²) in [6.45, 7) is 3.97. The number of aryl methyl sites for hydroxylation is 2. The molecule has 25 heavy (non-hydrogen) atoms. The summed E-state index contributed by atoms with van der Waals surface area (Å²) in [4.78, 5) is 17.1. The van der Waals surface area contributed by atoms with E-state index in [1.807, 2.05) is 32.0 Å². The molecule has 7 nitrogen and oxygen atoms in total. The quantitative estimate of drug-likeness (QED) is 0.437. The molecule has 5 rings (SSSR count). The van der Waals surface area contributed by atoms with Crippen LogP contribution >= 0.6 is 0 Å². The number of aromatic amines is 2. The Labute approximate surface area is 143 Å². The van der Waals surface area contributed by atoms with Gasteiger partial charge in [0.1, 0.15) is 17.3 Å². The molecule has 4 aromatic rings. The van der Waals surface area contributed by atoms with Gasteiger partial charge in [0.25, 0.3) is 0 Å². The average Bonchev–Trinajstić information content (AvgIpc) is 3.16. The van der Waals surface area contributed by atoms with Crippen molar-refractivity contribution >= 4 is 11.5 Å². The molecule has 0 amide bonds. The zero-order chi connectivity index (χ0) is 17.0. The fourth-order valence-corrected chi connectivity index (χ4v) is 3.32. The summed E-state index contributed by atoms with van der Waals surface area (Å²) in [5, 5.41) is 10.7. The second-order valence-electron chi connectivity index (χ2n) is 6.06. The Morgan fingerprint density at radius 2 is 1.96 bits per heavy atom. The van der Waals surface area contributed by atoms with Crippen molar-refractivity contribution in [1.29, 1.82) is 0 Å². The first-order valence-electron chi connectivity index (χ1n) is 8.01. The third kappa shape index (κ3) is 1.99. The molecule has 0 aromatic carbocycles. The van der Waals surface area contributed by atoms with Crippen LogP contribution in [-0.2, 0) is 0 Å². The number of pyridine rings is 2. The van der Waals surface area contributed by atoms with Crippen LogP contribution in [0.15, 0.2) is 36.8 Å². The lowest BCUT2D eigenvalue weighted by atomic mass is 10.1. The number of aromatic nitrogens is 6. The van der Waals surface area contributed by atoms with E-state index in [4.69, 9.17) is 4.98 Å². The van der Waals surface area contributed by atoms with Crippen molar-refractivity contribution in [1.82, 2.24) is 30.1 Å². The number of hydrogen-bond donors (Lipinski definition) is 3. The van der Waals surface area contributed by atoms with Gasteiger partial charge in [-0.05, 0) is 32.0 Å². The monoisotopic (exact) mass is 329 g/mol. The van der Waals surface area contributed by atoms with Gasteiger partial charge in [-0.2, -0.15) is 5.10 Å². The minimum absolute atomic E-state index is 0.772. The van der Waals surface area contributed by atoms with Gasteiger partial charge in [-0.25, -0.2) is 9.97 Å². The lowest BCUT2D eigenvalue weighted by Gasteiger charge is -2.07. The van der Waals surface area contributed by atoms with Crippen LogP contribution in [0, 0.1) is 13.8 Å². The molecule has 7 heteroatoms. The molecule has 5 heterocycles. The summed E-state index contributed by atoms with van der Waals surface area (Å²) in [6, 6.07) is 5.92. The molecule has 0 fully saturated rings. The molecule has 0 saturated heterocycles. The number of fused-ring (bicyclic) bond motifs is 5. The number of nitrogens with one attached hydrogen (secondary N) is 3. The number of hydrogen-bond acceptors (Lipinski definition) is 5. The molecular formula is C18H15N7. The first-order valence-corrected chi connectivity index (χ1v) is 8.01. The van der Waals surface area contributed by atoms with Crippen molar-refractivity contribution in [2.24, 2.45) is 0 Å². The van der Waals surface area contributed by atoms with Gasteiger partial charge in [0.2, 0.25) is 0 Å². The van der Waals surface area contributed by atoms with E-state index in [1.54, 1.807) is 18.6 Å². The van der Waals surface area contributed by atoms with E-state index in [0.717, 1.165) is 56.8 Å². The lowest BCUT2D eigenvalue weighted by molar-refractivity contribution is 1.02. The smallest absolute Gasteiger partial charge is 0.142 e. The molecular weight excluding hydrogens is 314 g/mol. The fourth-order valence-electron chi connectivity index (χ4n) is 3.32. The van der Waals surface area contributed by atoms with Crippen molar-refractivity contribution in [3.05, 3.63) is 48.2 Å². The molecule has 3 N–H and O–H groups in total. The van der Waals surface area contributed by atoms with Crippen molar-refractivity contribution in [2.75, 3.05) is 5.32 Å². The second-order valence-corrected chi connectivity index (χ2v) is 6.06. The Morgan fingerprint density at radius 1 is 1.04 bits per heavy atom. The summed E-state index contributed by atoms with van der Waals surface area (Å²) < 4.78 is 0. The molecule has 122 valence electrons. The maximum absolute atomic E-state index is 4.90. The van der Waals surface area contributed by atoms with Crippen molar-refractivity contribution < 1.29 is 0 Å². The standard InChI is InChI=1S/C18H15N7/c1-9-14(10(2)25-24-9)18-22-15-11-5-7-19-8-13(11)21-17-12(16(15)23-18)4-3-6-20-17/h3-8H,1-2H3,(H,20,21)(H,22,23)(H,24,25). The highest BCUT2D eigenvalue weighted by Crippen LogP contribution is 2.43. The first kappa shape index (κ1) is 13.9. The van der Waals surface area contributed by atoms with E-state index in [-0.39, 0.29) is 0 Å². The number of H-pyrrole nitrogens is 2. The first-order chi connectivity index (χ1) is 12.2. The largest absolute Gasteiger partial charge is 0.338 e. The van der Waals surface area contributed by atoms with E-state index < -0.39 is 0 Å². The van der Waals surface area contributed by atoms with E-state index in [0.29, 0.717) is 0 Å². The van der Waals surface area contributed by atoms with Gasteiger partial charge in [0.15, 0.2) is 0 Å². The third-order valence-electron chi connectivity index (χ3n) is 4.48. The normalized spacial score (nSPS) is 11.9. The lowest BCUT2D eigenvalue weighted by Crippen LogP contribution is -1.96. The highest BCUT2D eigenvalue weighted by atomic mass is 15.1.